The molecule has 1 aliphatic rings. The largest absolute Gasteiger partial charge is 0.403 e. The number of carbonyl (C=O) groups excluding carboxylic acids is 2. The fourth-order valence-corrected chi connectivity index (χ4v) is 2.78. The summed E-state index contributed by atoms with van der Waals surface area (Å²) in [6, 6.07) is 0.00262. The Hall–Kier alpha value is -0.943. The van der Waals surface area contributed by atoms with Crippen molar-refractivity contribution >= 4 is 20.5 Å². The predicted octanol–water partition coefficient (Wildman–Crippen LogP) is 2.02. The number of hydrogen-bond acceptors (Lipinski definition) is 3. The first-order valence-electron chi connectivity index (χ1n) is 6.27. The van der Waals surface area contributed by atoms with Gasteiger partial charge in [0.1, 0.15) is 12.4 Å². The molecule has 18 heavy (non-hydrogen) atoms. The minimum absolute atomic E-state index is 0.00262. The first-order valence-corrected chi connectivity index (χ1v) is 9.18. The van der Waals surface area contributed by atoms with Crippen LogP contribution in [0.25, 0.3) is 0 Å². The number of aldehydes is 1. The Morgan fingerprint density at radius 3 is 2.44 bits per heavy atom. The number of amides is 1. The summed E-state index contributed by atoms with van der Waals surface area (Å²) in [5.41, 5.74) is 0. The van der Waals surface area contributed by atoms with Gasteiger partial charge < -0.3 is 9.74 Å². The first-order chi connectivity index (χ1) is 8.19. The van der Waals surface area contributed by atoms with E-state index in [0.717, 1.165) is 6.29 Å². The van der Waals surface area contributed by atoms with Crippen molar-refractivity contribution in [3.8, 4) is 0 Å². The lowest BCUT2D eigenvalue weighted by Gasteiger charge is -2.45. The highest BCUT2D eigenvalue weighted by Gasteiger charge is 2.47. The molecule has 102 valence electrons. The molecule has 0 bridgehead atoms. The van der Waals surface area contributed by atoms with Gasteiger partial charge in [0, 0.05) is 0 Å². The van der Waals surface area contributed by atoms with Gasteiger partial charge in [-0.1, -0.05) is 26.8 Å². The molecule has 5 heteroatoms. The van der Waals surface area contributed by atoms with Crippen LogP contribution in [0.2, 0.25) is 18.1 Å². The van der Waals surface area contributed by atoms with Gasteiger partial charge in [-0.25, -0.2) is 0 Å². The Bertz CT molecular complexity index is 358. The number of carbonyl (C=O) groups is 2. The number of allylic oxidation sites excluding steroid dienone is 1. The van der Waals surface area contributed by atoms with E-state index in [2.05, 4.69) is 39.2 Å². The van der Waals surface area contributed by atoms with Gasteiger partial charge in [-0.15, -0.1) is 0 Å². The SMILES string of the molecule is CC(C)(C)[Si](C)(C)O[C@H]1C(=O)N[C@H]1CC=CC=O. The van der Waals surface area contributed by atoms with Crippen LogP contribution in [0.1, 0.15) is 27.2 Å². The second-order valence-electron chi connectivity index (χ2n) is 6.21. The molecule has 0 aliphatic carbocycles. The summed E-state index contributed by atoms with van der Waals surface area (Å²) in [4.78, 5) is 21.8. The standard InChI is InChI=1S/C13H23NO3Si/c1-13(2,3)18(4,5)17-11-10(14-12(11)16)8-6-7-9-15/h6-7,9-11H,8H2,1-5H3,(H,14,16)/t10-,11+/m0/s1. The highest BCUT2D eigenvalue weighted by atomic mass is 28.4. The molecule has 0 aromatic carbocycles. The van der Waals surface area contributed by atoms with E-state index < -0.39 is 8.32 Å². The van der Waals surface area contributed by atoms with E-state index in [1.807, 2.05) is 0 Å². The fraction of sp³-hybridized carbons (Fsp3) is 0.692. The van der Waals surface area contributed by atoms with E-state index in [0.29, 0.717) is 6.42 Å². The Morgan fingerprint density at radius 2 is 2.00 bits per heavy atom. The van der Waals surface area contributed by atoms with Gasteiger partial charge >= 0.3 is 0 Å². The lowest BCUT2D eigenvalue weighted by atomic mass is 9.99. The molecular formula is C13H23NO3Si. The van der Waals surface area contributed by atoms with Crippen LogP contribution in [0.3, 0.4) is 0 Å². The molecule has 2 atom stereocenters. The Balaban J connectivity index is 2.62. The second-order valence-corrected chi connectivity index (χ2v) is 11.0. The van der Waals surface area contributed by atoms with Crippen LogP contribution >= 0.6 is 0 Å². The third-order valence-electron chi connectivity index (χ3n) is 3.78. The Kier molecular flexibility index (Phi) is 4.50. The number of β-lactam (4-membered cyclic amide) rings is 1. The quantitative estimate of drug-likeness (QED) is 0.359. The third-order valence-corrected chi connectivity index (χ3v) is 8.24. The third kappa shape index (κ3) is 3.29. The van der Waals surface area contributed by atoms with Gasteiger partial charge in [0.25, 0.3) is 0 Å². The molecule has 0 spiro atoms. The van der Waals surface area contributed by atoms with E-state index in [-0.39, 0.29) is 23.1 Å². The Morgan fingerprint density at radius 1 is 1.39 bits per heavy atom. The van der Waals surface area contributed by atoms with Gasteiger partial charge in [-0.05, 0) is 30.6 Å². The molecule has 0 aromatic rings. The maximum Gasteiger partial charge on any atom is 0.250 e. The minimum atomic E-state index is -1.92. The van der Waals surface area contributed by atoms with Crippen molar-refractivity contribution in [3.63, 3.8) is 0 Å². The van der Waals surface area contributed by atoms with Crippen molar-refractivity contribution in [2.75, 3.05) is 0 Å². The predicted molar refractivity (Wildman–Crippen MR) is 73.8 cm³/mol. The highest BCUT2D eigenvalue weighted by Crippen LogP contribution is 2.38. The van der Waals surface area contributed by atoms with E-state index in [1.165, 1.54) is 6.08 Å². The van der Waals surface area contributed by atoms with Gasteiger partial charge in [-0.2, -0.15) is 0 Å². The molecule has 1 N–H and O–H groups in total. The average molecular weight is 269 g/mol. The molecule has 1 saturated heterocycles. The zero-order valence-corrected chi connectivity index (χ0v) is 12.8. The van der Waals surface area contributed by atoms with Crippen molar-refractivity contribution in [1.82, 2.24) is 5.32 Å². The Labute approximate surface area is 110 Å². The van der Waals surface area contributed by atoms with E-state index >= 15 is 0 Å². The fourth-order valence-electron chi connectivity index (χ4n) is 1.52. The number of hydrogen-bond donors (Lipinski definition) is 1. The van der Waals surface area contributed by atoms with Crippen LogP contribution in [0.5, 0.6) is 0 Å². The average Bonchev–Trinajstić information content (AvgIpc) is 2.24. The molecule has 4 nitrogen and oxygen atoms in total. The van der Waals surface area contributed by atoms with E-state index in [4.69, 9.17) is 4.43 Å². The molecule has 0 aromatic heterocycles. The highest BCUT2D eigenvalue weighted by molar-refractivity contribution is 6.74. The molecule has 1 amide bonds. The molecule has 1 heterocycles. The molecule has 0 saturated carbocycles. The molecule has 0 radical (unpaired) electrons. The summed E-state index contributed by atoms with van der Waals surface area (Å²) in [6.45, 7) is 10.7. The monoisotopic (exact) mass is 269 g/mol. The molecular weight excluding hydrogens is 246 g/mol. The first kappa shape index (κ1) is 15.1. The van der Waals surface area contributed by atoms with E-state index in [9.17, 15) is 9.59 Å². The summed E-state index contributed by atoms with van der Waals surface area (Å²) in [7, 11) is -1.92. The van der Waals surface area contributed by atoms with Gasteiger partial charge in [0.2, 0.25) is 5.91 Å². The van der Waals surface area contributed by atoms with E-state index in [1.54, 1.807) is 6.08 Å². The van der Waals surface area contributed by atoms with Crippen LogP contribution in [0, 0.1) is 0 Å². The summed E-state index contributed by atoms with van der Waals surface area (Å²) in [5.74, 6) is -0.0377. The van der Waals surface area contributed by atoms with Gasteiger partial charge in [0.15, 0.2) is 8.32 Å². The lowest BCUT2D eigenvalue weighted by Crippen LogP contribution is -2.66. The summed E-state index contributed by atoms with van der Waals surface area (Å²) in [5, 5.41) is 2.91. The molecule has 1 rings (SSSR count). The molecule has 0 unspecified atom stereocenters. The van der Waals surface area contributed by atoms with Crippen LogP contribution < -0.4 is 5.32 Å². The van der Waals surface area contributed by atoms with Crippen molar-refractivity contribution in [2.45, 2.75) is 57.5 Å². The van der Waals surface area contributed by atoms with Crippen molar-refractivity contribution in [3.05, 3.63) is 12.2 Å². The van der Waals surface area contributed by atoms with Gasteiger partial charge in [-0.3, -0.25) is 9.59 Å². The number of rotatable bonds is 5. The van der Waals surface area contributed by atoms with Gasteiger partial charge in [0.05, 0.1) is 6.04 Å². The summed E-state index contributed by atoms with van der Waals surface area (Å²) in [6.07, 6.45) is 4.24. The van der Waals surface area contributed by atoms with Crippen molar-refractivity contribution in [2.24, 2.45) is 0 Å². The minimum Gasteiger partial charge on any atom is -0.403 e. The normalized spacial score (nSPS) is 24.8. The second kappa shape index (κ2) is 5.36. The topological polar surface area (TPSA) is 55.4 Å². The summed E-state index contributed by atoms with van der Waals surface area (Å²) >= 11 is 0. The summed E-state index contributed by atoms with van der Waals surface area (Å²) < 4.78 is 6.10. The zero-order chi connectivity index (χ0) is 14.0. The van der Waals surface area contributed by atoms with Crippen LogP contribution in [-0.2, 0) is 14.0 Å². The van der Waals surface area contributed by atoms with Crippen molar-refractivity contribution < 1.29 is 14.0 Å². The zero-order valence-electron chi connectivity index (χ0n) is 11.8. The van der Waals surface area contributed by atoms with Crippen LogP contribution in [-0.4, -0.2) is 32.7 Å². The maximum absolute atomic E-state index is 11.6. The number of nitrogens with one attached hydrogen (secondary N) is 1. The van der Waals surface area contributed by atoms with Crippen molar-refractivity contribution in [1.29, 1.82) is 0 Å². The molecule has 1 fully saturated rings. The lowest BCUT2D eigenvalue weighted by molar-refractivity contribution is -0.140. The molecule has 1 aliphatic heterocycles. The van der Waals surface area contributed by atoms with Crippen LogP contribution in [0.4, 0.5) is 0 Å². The van der Waals surface area contributed by atoms with Crippen LogP contribution in [0.15, 0.2) is 12.2 Å². The smallest absolute Gasteiger partial charge is 0.250 e. The maximum atomic E-state index is 11.6.